The summed E-state index contributed by atoms with van der Waals surface area (Å²) in [6.45, 7) is 0. The Morgan fingerprint density at radius 1 is 1.33 bits per heavy atom. The summed E-state index contributed by atoms with van der Waals surface area (Å²) in [6, 6.07) is 1.80. The van der Waals surface area contributed by atoms with Crippen LogP contribution in [0.25, 0.3) is 11.4 Å². The first-order valence-electron chi connectivity index (χ1n) is 3.49. The maximum atomic E-state index is 4.04. The van der Waals surface area contributed by atoms with Crippen molar-refractivity contribution in [1.29, 1.82) is 0 Å². The molecule has 2 heterocycles. The van der Waals surface area contributed by atoms with Crippen molar-refractivity contribution in [2.24, 2.45) is 7.05 Å². The minimum absolute atomic E-state index is 0.764. The van der Waals surface area contributed by atoms with E-state index >= 15 is 0 Å². The van der Waals surface area contributed by atoms with Gasteiger partial charge in [-0.2, -0.15) is 0 Å². The van der Waals surface area contributed by atoms with Gasteiger partial charge in [-0.3, -0.25) is 4.68 Å². The molecule has 0 fully saturated rings. The second-order valence-corrected chi connectivity index (χ2v) is 2.37. The summed E-state index contributed by atoms with van der Waals surface area (Å²) in [5.74, 6) is 0. The third-order valence-electron chi connectivity index (χ3n) is 1.45. The molecule has 5 heteroatoms. The van der Waals surface area contributed by atoms with Crippen LogP contribution in [0, 0.1) is 0 Å². The van der Waals surface area contributed by atoms with Crippen molar-refractivity contribution in [1.82, 2.24) is 25.0 Å². The first-order valence-corrected chi connectivity index (χ1v) is 3.49. The molecule has 0 bridgehead atoms. The summed E-state index contributed by atoms with van der Waals surface area (Å²) in [5, 5.41) is 7.71. The van der Waals surface area contributed by atoms with Gasteiger partial charge in [0.05, 0.1) is 11.9 Å². The van der Waals surface area contributed by atoms with Crippen LogP contribution in [0.1, 0.15) is 0 Å². The molecule has 0 aliphatic heterocycles. The van der Waals surface area contributed by atoms with E-state index in [0.29, 0.717) is 0 Å². The zero-order chi connectivity index (χ0) is 8.39. The molecular weight excluding hydrogens is 154 g/mol. The number of hydrogen-bond donors (Lipinski definition) is 0. The average molecular weight is 161 g/mol. The maximum absolute atomic E-state index is 4.04. The van der Waals surface area contributed by atoms with Crippen LogP contribution in [0.15, 0.2) is 24.8 Å². The fourth-order valence-corrected chi connectivity index (χ4v) is 0.907. The molecule has 2 aromatic rings. The van der Waals surface area contributed by atoms with Crippen molar-refractivity contribution in [2.75, 3.05) is 0 Å². The topological polar surface area (TPSA) is 56.5 Å². The Labute approximate surface area is 69.1 Å². The van der Waals surface area contributed by atoms with E-state index < -0.39 is 0 Å². The number of rotatable bonds is 1. The molecule has 5 nitrogen and oxygen atoms in total. The molecule has 60 valence electrons. The number of hydrogen-bond acceptors (Lipinski definition) is 4. The Hall–Kier alpha value is -1.78. The summed E-state index contributed by atoms with van der Waals surface area (Å²) in [7, 11) is 1.82. The summed E-state index contributed by atoms with van der Waals surface area (Å²) in [5.41, 5.74) is 1.55. The molecule has 0 aromatic carbocycles. The van der Waals surface area contributed by atoms with Crippen LogP contribution < -0.4 is 0 Å². The van der Waals surface area contributed by atoms with Crippen LogP contribution in [0.3, 0.4) is 0 Å². The third-order valence-corrected chi connectivity index (χ3v) is 1.45. The van der Waals surface area contributed by atoms with Crippen molar-refractivity contribution in [3.05, 3.63) is 24.8 Å². The predicted octanol–water partition coefficient (Wildman–Crippen LogP) is 0.272. The van der Waals surface area contributed by atoms with Crippen LogP contribution in [-0.4, -0.2) is 25.0 Å². The maximum Gasteiger partial charge on any atom is 0.131 e. The van der Waals surface area contributed by atoms with Crippen LogP contribution >= 0.6 is 0 Å². The van der Waals surface area contributed by atoms with E-state index in [0.717, 1.165) is 11.4 Å². The summed E-state index contributed by atoms with van der Waals surface area (Å²) in [6.07, 6.45) is 4.98. The Kier molecular flexibility index (Phi) is 1.55. The average Bonchev–Trinajstić information content (AvgIpc) is 2.54. The molecule has 0 spiro atoms. The SMILES string of the molecule is Cn1cc(-c2ccncn2)nn1. The van der Waals surface area contributed by atoms with E-state index in [1.54, 1.807) is 16.9 Å². The second-order valence-electron chi connectivity index (χ2n) is 2.37. The Morgan fingerprint density at radius 2 is 2.25 bits per heavy atom. The van der Waals surface area contributed by atoms with Crippen molar-refractivity contribution in [2.45, 2.75) is 0 Å². The van der Waals surface area contributed by atoms with Gasteiger partial charge in [-0.05, 0) is 6.07 Å². The van der Waals surface area contributed by atoms with Gasteiger partial charge < -0.3 is 0 Å². The fraction of sp³-hybridized carbons (Fsp3) is 0.143. The van der Waals surface area contributed by atoms with Gasteiger partial charge in [0, 0.05) is 13.2 Å². The van der Waals surface area contributed by atoms with Gasteiger partial charge in [0.2, 0.25) is 0 Å². The van der Waals surface area contributed by atoms with Crippen LogP contribution in [0.4, 0.5) is 0 Å². The minimum atomic E-state index is 0.764. The smallest absolute Gasteiger partial charge is 0.131 e. The standard InChI is InChI=1S/C7H7N5/c1-12-4-7(10-11-12)6-2-3-8-5-9-6/h2-5H,1H3. The molecule has 0 amide bonds. The van der Waals surface area contributed by atoms with Crippen molar-refractivity contribution in [3.8, 4) is 11.4 Å². The summed E-state index contributed by atoms with van der Waals surface area (Å²) < 4.78 is 1.64. The van der Waals surface area contributed by atoms with E-state index in [1.807, 2.05) is 13.2 Å². The third kappa shape index (κ3) is 1.16. The highest BCUT2D eigenvalue weighted by atomic mass is 15.4. The zero-order valence-corrected chi connectivity index (χ0v) is 6.55. The molecule has 0 aliphatic rings. The van der Waals surface area contributed by atoms with Gasteiger partial charge in [-0.25, -0.2) is 9.97 Å². The van der Waals surface area contributed by atoms with Crippen LogP contribution in [0.2, 0.25) is 0 Å². The molecule has 0 aliphatic carbocycles. The Morgan fingerprint density at radius 3 is 2.83 bits per heavy atom. The second kappa shape index (κ2) is 2.69. The largest absolute Gasteiger partial charge is 0.255 e. The monoisotopic (exact) mass is 161 g/mol. The van der Waals surface area contributed by atoms with Gasteiger partial charge in [0.1, 0.15) is 12.0 Å². The first kappa shape index (κ1) is 6.90. The lowest BCUT2D eigenvalue weighted by atomic mass is 10.3. The first-order chi connectivity index (χ1) is 5.86. The highest BCUT2D eigenvalue weighted by molar-refractivity contribution is 5.50. The zero-order valence-electron chi connectivity index (χ0n) is 6.55. The lowest BCUT2D eigenvalue weighted by molar-refractivity contribution is 0.715. The number of aromatic nitrogens is 5. The normalized spacial score (nSPS) is 10.1. The molecule has 2 aromatic heterocycles. The van der Waals surface area contributed by atoms with E-state index in [9.17, 15) is 0 Å². The summed E-state index contributed by atoms with van der Waals surface area (Å²) in [4.78, 5) is 7.85. The summed E-state index contributed by atoms with van der Waals surface area (Å²) >= 11 is 0. The molecule has 0 radical (unpaired) electrons. The lowest BCUT2D eigenvalue weighted by Gasteiger charge is -1.89. The molecule has 0 N–H and O–H groups in total. The molecule has 12 heavy (non-hydrogen) atoms. The van der Waals surface area contributed by atoms with E-state index in [2.05, 4.69) is 20.3 Å². The van der Waals surface area contributed by atoms with Crippen molar-refractivity contribution >= 4 is 0 Å². The van der Waals surface area contributed by atoms with E-state index in [4.69, 9.17) is 0 Å². The Bertz CT molecular complexity index is 366. The fourth-order valence-electron chi connectivity index (χ4n) is 0.907. The van der Waals surface area contributed by atoms with Gasteiger partial charge in [-0.1, -0.05) is 5.21 Å². The quantitative estimate of drug-likeness (QED) is 0.602. The molecule has 0 saturated heterocycles. The van der Waals surface area contributed by atoms with Gasteiger partial charge in [-0.15, -0.1) is 5.10 Å². The number of aryl methyl sites for hydroxylation is 1. The van der Waals surface area contributed by atoms with Crippen LogP contribution in [-0.2, 0) is 7.05 Å². The molecule has 0 saturated carbocycles. The van der Waals surface area contributed by atoms with Crippen molar-refractivity contribution < 1.29 is 0 Å². The molecule has 0 atom stereocenters. The van der Waals surface area contributed by atoms with Gasteiger partial charge >= 0.3 is 0 Å². The molecular formula is C7H7N5. The molecule has 2 rings (SSSR count). The predicted molar refractivity (Wildman–Crippen MR) is 42.0 cm³/mol. The van der Waals surface area contributed by atoms with Gasteiger partial charge in [0.25, 0.3) is 0 Å². The highest BCUT2D eigenvalue weighted by Gasteiger charge is 2.01. The lowest BCUT2D eigenvalue weighted by Crippen LogP contribution is -1.85. The molecule has 0 unspecified atom stereocenters. The van der Waals surface area contributed by atoms with Gasteiger partial charge in [0.15, 0.2) is 0 Å². The Balaban J connectivity index is 2.45. The van der Waals surface area contributed by atoms with Crippen molar-refractivity contribution in [3.63, 3.8) is 0 Å². The van der Waals surface area contributed by atoms with Crippen LogP contribution in [0.5, 0.6) is 0 Å². The number of nitrogens with zero attached hydrogens (tertiary/aromatic N) is 5. The van der Waals surface area contributed by atoms with E-state index in [1.165, 1.54) is 6.33 Å². The minimum Gasteiger partial charge on any atom is -0.255 e. The van der Waals surface area contributed by atoms with E-state index in [-0.39, 0.29) is 0 Å². The highest BCUT2D eigenvalue weighted by Crippen LogP contribution is 2.09.